The van der Waals surface area contributed by atoms with Crippen LogP contribution < -0.4 is 5.32 Å². The zero-order chi connectivity index (χ0) is 17.3. The highest BCUT2D eigenvalue weighted by atomic mass is 35.5. The molecule has 0 spiro atoms. The van der Waals surface area contributed by atoms with E-state index in [1.165, 1.54) is 12.1 Å². The number of carbonyl (C=O) groups is 2. The van der Waals surface area contributed by atoms with Gasteiger partial charge in [-0.25, -0.2) is 4.39 Å². The van der Waals surface area contributed by atoms with E-state index in [9.17, 15) is 19.1 Å². The lowest BCUT2D eigenvalue weighted by Gasteiger charge is -2.36. The molecular weight excluding hydrogens is 372 g/mol. The van der Waals surface area contributed by atoms with Crippen LogP contribution in [0.4, 0.5) is 4.39 Å². The van der Waals surface area contributed by atoms with Crippen molar-refractivity contribution in [3.05, 3.63) is 34.6 Å². The molecule has 1 aromatic carbocycles. The minimum absolute atomic E-state index is 0. The van der Waals surface area contributed by atoms with Crippen LogP contribution in [0.3, 0.4) is 0 Å². The molecule has 2 heterocycles. The fourth-order valence-corrected chi connectivity index (χ4v) is 3.34. The van der Waals surface area contributed by atoms with E-state index in [4.69, 9.17) is 11.6 Å². The Kier molecular flexibility index (Phi) is 6.62. The van der Waals surface area contributed by atoms with Crippen LogP contribution in [0.15, 0.2) is 18.2 Å². The number of benzene rings is 1. The number of piperazine rings is 1. The minimum atomic E-state index is -0.488. The molecule has 0 saturated carbocycles. The summed E-state index contributed by atoms with van der Waals surface area (Å²) in [6.07, 6.45) is -0.0640. The molecule has 25 heavy (non-hydrogen) atoms. The van der Waals surface area contributed by atoms with E-state index >= 15 is 0 Å². The summed E-state index contributed by atoms with van der Waals surface area (Å²) in [5, 5.41) is 12.6. The number of nitrogens with one attached hydrogen (secondary N) is 1. The van der Waals surface area contributed by atoms with Gasteiger partial charge in [0.2, 0.25) is 5.91 Å². The molecule has 0 aromatic heterocycles. The molecule has 2 amide bonds. The summed E-state index contributed by atoms with van der Waals surface area (Å²) >= 11 is 5.94. The van der Waals surface area contributed by atoms with Crippen LogP contribution in [0.25, 0.3) is 0 Å². The molecule has 6 nitrogen and oxygen atoms in total. The van der Waals surface area contributed by atoms with Crippen LogP contribution in [0.1, 0.15) is 16.8 Å². The first-order valence-electron chi connectivity index (χ1n) is 7.90. The summed E-state index contributed by atoms with van der Waals surface area (Å²) in [7, 11) is 0. The monoisotopic (exact) mass is 391 g/mol. The molecule has 138 valence electrons. The number of β-amino-alcohol motifs (C(OH)–C–C–N with tert-alkyl or cyclic N) is 1. The van der Waals surface area contributed by atoms with Gasteiger partial charge in [-0.2, -0.15) is 0 Å². The highest BCUT2D eigenvalue weighted by Crippen LogP contribution is 2.20. The molecule has 2 aliphatic rings. The number of hydrogen-bond acceptors (Lipinski definition) is 4. The number of amides is 2. The number of rotatable bonds is 2. The molecule has 2 aliphatic heterocycles. The standard InChI is InChI=1S/C16H19ClFN3O3.ClH/c17-13-7-10(18)1-2-12(13)15(23)20-3-5-21(6-4-20)16(24)14-8-11(22)9-19-14;/h1-2,7,11,14,19,22H,3-6,8-9H2;1H. The van der Waals surface area contributed by atoms with E-state index in [-0.39, 0.29) is 40.8 Å². The summed E-state index contributed by atoms with van der Waals surface area (Å²) in [4.78, 5) is 28.2. The van der Waals surface area contributed by atoms with Gasteiger partial charge in [-0.15, -0.1) is 12.4 Å². The van der Waals surface area contributed by atoms with E-state index in [1.54, 1.807) is 9.80 Å². The SMILES string of the molecule is Cl.O=C(c1ccc(F)cc1Cl)N1CCN(C(=O)C2CC(O)CN2)CC1. The van der Waals surface area contributed by atoms with E-state index in [0.29, 0.717) is 39.1 Å². The highest BCUT2D eigenvalue weighted by molar-refractivity contribution is 6.33. The maximum absolute atomic E-state index is 13.1. The lowest BCUT2D eigenvalue weighted by Crippen LogP contribution is -2.54. The van der Waals surface area contributed by atoms with Crippen molar-refractivity contribution >= 4 is 35.8 Å². The maximum Gasteiger partial charge on any atom is 0.255 e. The molecule has 2 N–H and O–H groups in total. The van der Waals surface area contributed by atoms with Crippen LogP contribution in [-0.2, 0) is 4.79 Å². The number of carbonyl (C=O) groups excluding carboxylic acids is 2. The van der Waals surface area contributed by atoms with Crippen molar-refractivity contribution in [2.75, 3.05) is 32.7 Å². The average Bonchev–Trinajstić information content (AvgIpc) is 3.00. The van der Waals surface area contributed by atoms with Crippen molar-refractivity contribution < 1.29 is 19.1 Å². The van der Waals surface area contributed by atoms with Crippen LogP contribution in [0.2, 0.25) is 5.02 Å². The topological polar surface area (TPSA) is 72.9 Å². The van der Waals surface area contributed by atoms with Gasteiger partial charge in [-0.05, 0) is 24.6 Å². The summed E-state index contributed by atoms with van der Waals surface area (Å²) < 4.78 is 13.1. The Bertz CT molecular complexity index is 654. The molecule has 1 aromatic rings. The Hall–Kier alpha value is -1.41. The molecule has 2 unspecified atom stereocenters. The van der Waals surface area contributed by atoms with E-state index in [0.717, 1.165) is 6.07 Å². The number of aliphatic hydroxyl groups is 1. The van der Waals surface area contributed by atoms with Crippen LogP contribution in [0, 0.1) is 5.82 Å². The zero-order valence-corrected chi connectivity index (χ0v) is 15.0. The third-order valence-corrected chi connectivity index (χ3v) is 4.76. The third kappa shape index (κ3) is 4.41. The fourth-order valence-electron chi connectivity index (χ4n) is 3.09. The predicted molar refractivity (Wildman–Crippen MR) is 93.6 cm³/mol. The lowest BCUT2D eigenvalue weighted by molar-refractivity contribution is -0.134. The van der Waals surface area contributed by atoms with Gasteiger partial charge >= 0.3 is 0 Å². The molecule has 0 bridgehead atoms. The largest absolute Gasteiger partial charge is 0.392 e. The van der Waals surface area contributed by atoms with Gasteiger partial charge in [0.05, 0.1) is 22.7 Å². The number of aliphatic hydroxyl groups excluding tert-OH is 1. The van der Waals surface area contributed by atoms with E-state index in [1.807, 2.05) is 0 Å². The third-order valence-electron chi connectivity index (χ3n) is 4.45. The second kappa shape index (κ2) is 8.31. The second-order valence-electron chi connectivity index (χ2n) is 6.09. The second-order valence-corrected chi connectivity index (χ2v) is 6.50. The zero-order valence-electron chi connectivity index (χ0n) is 13.5. The Morgan fingerprint density at radius 2 is 1.84 bits per heavy atom. The van der Waals surface area contributed by atoms with Gasteiger partial charge in [0.15, 0.2) is 0 Å². The Morgan fingerprint density at radius 3 is 2.40 bits per heavy atom. The molecule has 3 rings (SSSR count). The Labute approximate surface area is 156 Å². The molecular formula is C16H20Cl2FN3O3. The maximum atomic E-state index is 13.1. The summed E-state index contributed by atoms with van der Waals surface area (Å²) in [5.74, 6) is -0.793. The number of halogens is 3. The van der Waals surface area contributed by atoms with Gasteiger partial charge in [0, 0.05) is 32.7 Å². The molecule has 2 fully saturated rings. The molecule has 9 heteroatoms. The van der Waals surface area contributed by atoms with Gasteiger partial charge in [0.25, 0.3) is 5.91 Å². The van der Waals surface area contributed by atoms with Crippen molar-refractivity contribution in [1.29, 1.82) is 0 Å². The average molecular weight is 392 g/mol. The van der Waals surface area contributed by atoms with Gasteiger partial charge in [-0.1, -0.05) is 11.6 Å². The van der Waals surface area contributed by atoms with Crippen molar-refractivity contribution in [1.82, 2.24) is 15.1 Å². The Balaban J connectivity index is 0.00000225. The lowest BCUT2D eigenvalue weighted by atomic mass is 10.1. The smallest absolute Gasteiger partial charge is 0.255 e. The minimum Gasteiger partial charge on any atom is -0.392 e. The number of nitrogens with zero attached hydrogens (tertiary/aromatic N) is 2. The molecule has 0 radical (unpaired) electrons. The molecule has 2 saturated heterocycles. The quantitative estimate of drug-likeness (QED) is 0.785. The number of hydrogen-bond donors (Lipinski definition) is 2. The summed E-state index contributed by atoms with van der Waals surface area (Å²) in [5.41, 5.74) is 0.262. The first kappa shape index (κ1) is 19.9. The van der Waals surface area contributed by atoms with Crippen LogP contribution >= 0.6 is 24.0 Å². The summed E-state index contributed by atoms with van der Waals surface area (Å²) in [6, 6.07) is 3.34. The van der Waals surface area contributed by atoms with E-state index in [2.05, 4.69) is 5.32 Å². The molecule has 2 atom stereocenters. The molecule has 0 aliphatic carbocycles. The Morgan fingerprint density at radius 1 is 1.20 bits per heavy atom. The van der Waals surface area contributed by atoms with Crippen molar-refractivity contribution in [2.24, 2.45) is 0 Å². The van der Waals surface area contributed by atoms with Gasteiger partial charge in [-0.3, -0.25) is 9.59 Å². The highest BCUT2D eigenvalue weighted by Gasteiger charge is 2.33. The van der Waals surface area contributed by atoms with Crippen molar-refractivity contribution in [3.63, 3.8) is 0 Å². The van der Waals surface area contributed by atoms with Crippen LogP contribution in [0.5, 0.6) is 0 Å². The normalized spacial score (nSPS) is 23.3. The predicted octanol–water partition coefficient (Wildman–Crippen LogP) is 0.908. The van der Waals surface area contributed by atoms with E-state index < -0.39 is 11.9 Å². The fraction of sp³-hybridized carbons (Fsp3) is 0.500. The van der Waals surface area contributed by atoms with Gasteiger partial charge in [0.1, 0.15) is 5.82 Å². The van der Waals surface area contributed by atoms with Crippen molar-refractivity contribution in [2.45, 2.75) is 18.6 Å². The summed E-state index contributed by atoms with van der Waals surface area (Å²) in [6.45, 7) is 2.08. The first-order valence-corrected chi connectivity index (χ1v) is 8.28. The van der Waals surface area contributed by atoms with Gasteiger partial charge < -0.3 is 20.2 Å². The first-order chi connectivity index (χ1) is 11.5. The van der Waals surface area contributed by atoms with Crippen LogP contribution in [-0.4, -0.2) is 71.6 Å². The van der Waals surface area contributed by atoms with Crippen molar-refractivity contribution in [3.8, 4) is 0 Å².